The van der Waals surface area contributed by atoms with Crippen LogP contribution in [0, 0.1) is 0 Å². The van der Waals surface area contributed by atoms with E-state index in [1.165, 1.54) is 49.7 Å². The first-order chi connectivity index (χ1) is 20.0. The molecule has 2 aliphatic rings. The Morgan fingerprint density at radius 3 is 1.61 bits per heavy atom. The second kappa shape index (κ2) is 13.1. The molecule has 8 nitrogen and oxygen atoms in total. The molecule has 0 atom stereocenters. The maximum absolute atomic E-state index is 11.6. The highest BCUT2D eigenvalue weighted by molar-refractivity contribution is 7.08. The number of hydrogen-bond acceptors (Lipinski definition) is 10. The Morgan fingerprint density at radius 1 is 0.805 bits per heavy atom. The van der Waals surface area contributed by atoms with Crippen molar-refractivity contribution in [3.63, 3.8) is 0 Å². The van der Waals surface area contributed by atoms with Crippen molar-refractivity contribution in [2.24, 2.45) is 5.73 Å². The van der Waals surface area contributed by atoms with E-state index >= 15 is 0 Å². The Bertz CT molecular complexity index is 1410. The van der Waals surface area contributed by atoms with Crippen molar-refractivity contribution in [3.05, 3.63) is 92.3 Å². The van der Waals surface area contributed by atoms with Gasteiger partial charge in [0, 0.05) is 48.5 Å². The van der Waals surface area contributed by atoms with E-state index in [9.17, 15) is 9.59 Å². The zero-order valence-electron chi connectivity index (χ0n) is 23.3. The number of thiophene rings is 2. The van der Waals surface area contributed by atoms with Crippen molar-refractivity contribution in [3.8, 4) is 0 Å². The highest BCUT2D eigenvalue weighted by Crippen LogP contribution is 2.47. The Balaban J connectivity index is 0.000000165. The molecule has 2 saturated carbocycles. The van der Waals surface area contributed by atoms with Crippen molar-refractivity contribution in [2.45, 2.75) is 69.1 Å². The Kier molecular flexibility index (Phi) is 9.32. The molecule has 0 aliphatic heterocycles. The largest absolute Gasteiger partial charge is 0.462 e. The fraction of sp³-hybridized carbons (Fsp3) is 0.419. The third kappa shape index (κ3) is 6.60. The molecular weight excluding hydrogens is 555 g/mol. The van der Waals surface area contributed by atoms with Crippen LogP contribution in [0.5, 0.6) is 0 Å². The lowest BCUT2D eigenvalue weighted by Crippen LogP contribution is -2.36. The SMILES string of the molecule is CCOC(=O)c1cnc(CC2(c3ccsc3)CCC2)nc1.NCC(=O)c1cnc(CC2(c3ccsc3)CCC2)nc1. The highest BCUT2D eigenvalue weighted by atomic mass is 32.1. The minimum absolute atomic E-state index is 0.00154. The summed E-state index contributed by atoms with van der Waals surface area (Å²) in [6, 6.07) is 4.41. The van der Waals surface area contributed by atoms with Gasteiger partial charge in [-0.1, -0.05) is 12.8 Å². The summed E-state index contributed by atoms with van der Waals surface area (Å²) in [5, 5.41) is 8.71. The third-order valence-electron chi connectivity index (χ3n) is 8.31. The number of ketones is 1. The molecule has 10 heteroatoms. The fourth-order valence-electron chi connectivity index (χ4n) is 5.55. The number of esters is 1. The Labute approximate surface area is 248 Å². The van der Waals surface area contributed by atoms with Gasteiger partial charge in [0.1, 0.15) is 11.6 Å². The van der Waals surface area contributed by atoms with Crippen LogP contribution in [-0.4, -0.2) is 44.8 Å². The molecule has 2 N–H and O–H groups in total. The highest BCUT2D eigenvalue weighted by Gasteiger charge is 2.40. The van der Waals surface area contributed by atoms with Gasteiger partial charge < -0.3 is 10.5 Å². The summed E-state index contributed by atoms with van der Waals surface area (Å²) in [6.45, 7) is 2.15. The molecule has 0 saturated heterocycles. The van der Waals surface area contributed by atoms with Crippen LogP contribution in [0.1, 0.15) is 88.9 Å². The number of Topliss-reactive ketones (excluding diaryl/α,β-unsaturated/α-hetero) is 1. The number of carbonyl (C=O) groups excluding carboxylic acids is 2. The maximum atomic E-state index is 11.6. The number of hydrogen-bond donors (Lipinski definition) is 1. The van der Waals surface area contributed by atoms with Crippen LogP contribution in [0.15, 0.2) is 58.4 Å². The van der Waals surface area contributed by atoms with E-state index in [2.05, 4.69) is 53.6 Å². The zero-order valence-corrected chi connectivity index (χ0v) is 24.9. The second-order valence-electron chi connectivity index (χ2n) is 10.8. The van der Waals surface area contributed by atoms with E-state index in [1.807, 2.05) is 0 Å². The van der Waals surface area contributed by atoms with Gasteiger partial charge in [-0.2, -0.15) is 22.7 Å². The lowest BCUT2D eigenvalue weighted by atomic mass is 9.63. The number of carbonyl (C=O) groups is 2. The first kappa shape index (κ1) is 29.2. The van der Waals surface area contributed by atoms with Crippen molar-refractivity contribution in [1.82, 2.24) is 19.9 Å². The van der Waals surface area contributed by atoms with Gasteiger partial charge in [-0.05, 0) is 77.4 Å². The lowest BCUT2D eigenvalue weighted by Gasteiger charge is -2.41. The molecule has 41 heavy (non-hydrogen) atoms. The normalized spacial score (nSPS) is 16.4. The summed E-state index contributed by atoms with van der Waals surface area (Å²) in [7, 11) is 0. The second-order valence-corrected chi connectivity index (χ2v) is 12.3. The predicted octanol–water partition coefficient (Wildman–Crippen LogP) is 5.72. The van der Waals surface area contributed by atoms with Gasteiger partial charge in [0.15, 0.2) is 5.78 Å². The smallest absolute Gasteiger partial charge is 0.341 e. The molecule has 0 amide bonds. The number of aromatic nitrogens is 4. The molecule has 0 spiro atoms. The van der Waals surface area contributed by atoms with E-state index in [4.69, 9.17) is 10.5 Å². The molecule has 214 valence electrons. The van der Waals surface area contributed by atoms with Crippen LogP contribution in [0.25, 0.3) is 0 Å². The molecule has 0 bridgehead atoms. The van der Waals surface area contributed by atoms with E-state index in [0.717, 1.165) is 24.5 Å². The Morgan fingerprint density at radius 2 is 1.27 bits per heavy atom. The summed E-state index contributed by atoms with van der Waals surface area (Å²) < 4.78 is 4.94. The van der Waals surface area contributed by atoms with Crippen molar-refractivity contribution in [2.75, 3.05) is 13.2 Å². The van der Waals surface area contributed by atoms with E-state index in [-0.39, 0.29) is 29.1 Å². The standard InChI is InChI=1S/C16H18N2O2S.C15H17N3OS/c1-2-20-15(19)12-9-17-14(18-10-12)8-16(5-3-6-16)13-4-7-21-11-13;16-7-13(19)11-8-17-14(18-9-11)6-15(3-1-4-15)12-2-5-20-10-12/h4,7,9-11H,2-3,5-6,8H2,1H3;2,5,8-10H,1,3-4,6-7,16H2. The molecule has 6 rings (SSSR count). The van der Waals surface area contributed by atoms with Crippen molar-refractivity contribution < 1.29 is 14.3 Å². The van der Waals surface area contributed by atoms with Gasteiger partial charge in [-0.3, -0.25) is 4.79 Å². The molecule has 2 fully saturated rings. The summed E-state index contributed by atoms with van der Waals surface area (Å²) >= 11 is 3.47. The minimum atomic E-state index is -0.361. The summed E-state index contributed by atoms with van der Waals surface area (Å²) in [5.41, 5.74) is 9.45. The number of nitrogens with two attached hydrogens (primary N) is 1. The molecule has 2 aliphatic carbocycles. The van der Waals surface area contributed by atoms with Gasteiger partial charge in [0.05, 0.1) is 24.3 Å². The Hall–Kier alpha value is -3.34. The van der Waals surface area contributed by atoms with Gasteiger partial charge in [0.2, 0.25) is 0 Å². The zero-order chi connectivity index (χ0) is 28.7. The van der Waals surface area contributed by atoms with Gasteiger partial charge in [-0.25, -0.2) is 24.7 Å². The average Bonchev–Trinajstić information content (AvgIpc) is 3.69. The first-order valence-corrected chi connectivity index (χ1v) is 15.9. The average molecular weight is 590 g/mol. The molecule has 4 heterocycles. The van der Waals surface area contributed by atoms with Crippen LogP contribution in [0.4, 0.5) is 0 Å². The lowest BCUT2D eigenvalue weighted by molar-refractivity contribution is 0.0525. The van der Waals surface area contributed by atoms with E-state index < -0.39 is 0 Å². The molecule has 4 aromatic rings. The van der Waals surface area contributed by atoms with Gasteiger partial charge >= 0.3 is 5.97 Å². The fourth-order valence-corrected chi connectivity index (χ4v) is 7.11. The van der Waals surface area contributed by atoms with Crippen molar-refractivity contribution in [1.29, 1.82) is 0 Å². The maximum Gasteiger partial charge on any atom is 0.341 e. The topological polar surface area (TPSA) is 121 Å². The van der Waals surface area contributed by atoms with Crippen LogP contribution in [-0.2, 0) is 28.4 Å². The van der Waals surface area contributed by atoms with Gasteiger partial charge in [0.25, 0.3) is 0 Å². The third-order valence-corrected chi connectivity index (χ3v) is 9.68. The summed E-state index contributed by atoms with van der Waals surface area (Å²) in [5.74, 6) is 1.13. The molecular formula is C31H35N5O3S2. The van der Waals surface area contributed by atoms with Crippen LogP contribution in [0.3, 0.4) is 0 Å². The minimum Gasteiger partial charge on any atom is -0.462 e. The molecule has 0 radical (unpaired) electrons. The molecule has 0 unspecified atom stereocenters. The number of rotatable bonds is 10. The summed E-state index contributed by atoms with van der Waals surface area (Å²) in [4.78, 5) is 40.4. The summed E-state index contributed by atoms with van der Waals surface area (Å²) in [6.07, 6.45) is 15.3. The van der Waals surface area contributed by atoms with Crippen molar-refractivity contribution >= 4 is 34.4 Å². The van der Waals surface area contributed by atoms with Crippen LogP contribution < -0.4 is 5.73 Å². The molecule has 4 aromatic heterocycles. The monoisotopic (exact) mass is 589 g/mol. The predicted molar refractivity (Wildman–Crippen MR) is 161 cm³/mol. The number of ether oxygens (including phenoxy) is 1. The quantitative estimate of drug-likeness (QED) is 0.184. The van der Waals surface area contributed by atoms with E-state index in [1.54, 1.807) is 54.4 Å². The van der Waals surface area contributed by atoms with Crippen LogP contribution in [0.2, 0.25) is 0 Å². The van der Waals surface area contributed by atoms with Crippen LogP contribution >= 0.6 is 22.7 Å². The van der Waals surface area contributed by atoms with Gasteiger partial charge in [-0.15, -0.1) is 0 Å². The van der Waals surface area contributed by atoms with E-state index in [0.29, 0.717) is 17.7 Å². The number of nitrogens with zero attached hydrogens (tertiary/aromatic N) is 4. The molecule has 0 aromatic carbocycles. The first-order valence-electron chi connectivity index (χ1n) is 14.0.